The average molecular weight is 373 g/mol. The first-order valence-corrected chi connectivity index (χ1v) is 10.4. The van der Waals surface area contributed by atoms with Crippen molar-refractivity contribution in [1.29, 1.82) is 0 Å². The van der Waals surface area contributed by atoms with E-state index < -0.39 is 0 Å². The molecule has 0 saturated heterocycles. The van der Waals surface area contributed by atoms with Crippen molar-refractivity contribution in [2.75, 3.05) is 5.75 Å². The van der Waals surface area contributed by atoms with E-state index in [0.717, 1.165) is 29.4 Å². The molecule has 0 bridgehead atoms. The topological polar surface area (TPSA) is 59.8 Å². The predicted octanol–water partition coefficient (Wildman–Crippen LogP) is 4.15. The van der Waals surface area contributed by atoms with Crippen molar-refractivity contribution in [2.45, 2.75) is 63.1 Å². The third-order valence-electron chi connectivity index (χ3n) is 4.97. The van der Waals surface area contributed by atoms with E-state index in [1.165, 1.54) is 36.6 Å². The Kier molecular flexibility index (Phi) is 6.35. The summed E-state index contributed by atoms with van der Waals surface area (Å²) in [5.74, 6) is 1.81. The predicted molar refractivity (Wildman–Crippen MR) is 106 cm³/mol. The van der Waals surface area contributed by atoms with Gasteiger partial charge in [-0.25, -0.2) is 0 Å². The molecule has 140 valence electrons. The number of hydrogen-bond donors (Lipinski definition) is 1. The molecular formula is C20H28N4OS. The number of hydrogen-bond acceptors (Lipinski definition) is 4. The van der Waals surface area contributed by atoms with Gasteiger partial charge in [0, 0.05) is 18.7 Å². The zero-order valence-electron chi connectivity index (χ0n) is 15.9. The highest BCUT2D eigenvalue weighted by molar-refractivity contribution is 7.99. The molecule has 1 fully saturated rings. The lowest BCUT2D eigenvalue weighted by Gasteiger charge is -2.22. The van der Waals surface area contributed by atoms with Crippen molar-refractivity contribution >= 4 is 17.7 Å². The van der Waals surface area contributed by atoms with Gasteiger partial charge in [-0.2, -0.15) is 0 Å². The Labute approximate surface area is 160 Å². The van der Waals surface area contributed by atoms with Crippen LogP contribution in [0.5, 0.6) is 0 Å². The zero-order chi connectivity index (χ0) is 18.5. The molecule has 0 spiro atoms. The summed E-state index contributed by atoms with van der Waals surface area (Å²) < 4.78 is 1.96. The van der Waals surface area contributed by atoms with Crippen LogP contribution >= 0.6 is 11.8 Å². The molecule has 26 heavy (non-hydrogen) atoms. The van der Waals surface area contributed by atoms with Crippen molar-refractivity contribution in [2.24, 2.45) is 7.05 Å². The molecule has 1 aliphatic rings. The molecule has 0 radical (unpaired) electrons. The van der Waals surface area contributed by atoms with Crippen LogP contribution in [-0.2, 0) is 11.8 Å². The number of carbonyl (C=O) groups is 1. The van der Waals surface area contributed by atoms with E-state index in [0.29, 0.717) is 17.7 Å². The number of amides is 1. The molecule has 1 aromatic carbocycles. The maximum Gasteiger partial charge on any atom is 0.230 e. The Morgan fingerprint density at radius 3 is 2.54 bits per heavy atom. The van der Waals surface area contributed by atoms with E-state index in [2.05, 4.69) is 53.6 Å². The van der Waals surface area contributed by atoms with Crippen LogP contribution in [0, 0.1) is 0 Å². The van der Waals surface area contributed by atoms with Crippen LogP contribution in [0.2, 0.25) is 0 Å². The molecule has 1 heterocycles. The molecule has 0 unspecified atom stereocenters. The number of aromatic nitrogens is 3. The van der Waals surface area contributed by atoms with Crippen molar-refractivity contribution in [1.82, 2.24) is 20.1 Å². The minimum atomic E-state index is 0.0905. The van der Waals surface area contributed by atoms with Crippen molar-refractivity contribution < 1.29 is 4.79 Å². The van der Waals surface area contributed by atoms with Gasteiger partial charge in [-0.15, -0.1) is 10.2 Å². The smallest absolute Gasteiger partial charge is 0.230 e. The summed E-state index contributed by atoms with van der Waals surface area (Å²) in [5.41, 5.74) is 2.35. The largest absolute Gasteiger partial charge is 0.353 e. The molecule has 1 N–H and O–H groups in total. The van der Waals surface area contributed by atoms with E-state index in [1.54, 1.807) is 0 Å². The highest BCUT2D eigenvalue weighted by Gasteiger charge is 2.17. The Bertz CT molecular complexity index is 733. The van der Waals surface area contributed by atoms with Crippen LogP contribution in [0.15, 0.2) is 29.4 Å². The molecule has 1 amide bonds. The van der Waals surface area contributed by atoms with Crippen molar-refractivity contribution in [3.8, 4) is 11.4 Å². The number of nitrogens with zero attached hydrogens (tertiary/aromatic N) is 3. The fourth-order valence-corrected chi connectivity index (χ4v) is 4.08. The van der Waals surface area contributed by atoms with E-state index in [1.807, 2.05) is 11.6 Å². The van der Waals surface area contributed by atoms with Gasteiger partial charge in [0.1, 0.15) is 0 Å². The normalized spacial score (nSPS) is 15.4. The van der Waals surface area contributed by atoms with Crippen LogP contribution in [-0.4, -0.2) is 32.5 Å². The van der Waals surface area contributed by atoms with Crippen LogP contribution in [0.1, 0.15) is 57.4 Å². The SMILES string of the molecule is CC(C)c1ccc(-c2nnc(SCC(=O)NC3CCCCC3)n2C)cc1. The quantitative estimate of drug-likeness (QED) is 0.774. The summed E-state index contributed by atoms with van der Waals surface area (Å²) in [6.07, 6.45) is 5.95. The number of nitrogens with one attached hydrogen (secondary N) is 1. The monoisotopic (exact) mass is 372 g/mol. The van der Waals surface area contributed by atoms with Crippen LogP contribution in [0.4, 0.5) is 0 Å². The van der Waals surface area contributed by atoms with E-state index in [9.17, 15) is 4.79 Å². The summed E-state index contributed by atoms with van der Waals surface area (Å²) in [7, 11) is 1.95. The summed E-state index contributed by atoms with van der Waals surface area (Å²) in [6, 6.07) is 8.80. The lowest BCUT2D eigenvalue weighted by molar-refractivity contribution is -0.119. The third kappa shape index (κ3) is 4.67. The Hall–Kier alpha value is -1.82. The number of benzene rings is 1. The van der Waals surface area contributed by atoms with Gasteiger partial charge in [-0.1, -0.05) is 69.1 Å². The fourth-order valence-electron chi connectivity index (χ4n) is 3.36. The van der Waals surface area contributed by atoms with E-state index in [4.69, 9.17) is 0 Å². The summed E-state index contributed by atoms with van der Waals surface area (Å²) in [5, 5.41) is 12.5. The summed E-state index contributed by atoms with van der Waals surface area (Å²) in [6.45, 7) is 4.37. The van der Waals surface area contributed by atoms with Gasteiger partial charge in [0.15, 0.2) is 11.0 Å². The standard InChI is InChI=1S/C20H28N4OS/c1-14(2)15-9-11-16(12-10-15)19-22-23-20(24(19)3)26-13-18(25)21-17-7-5-4-6-8-17/h9-12,14,17H,4-8,13H2,1-3H3,(H,21,25). The van der Waals surface area contributed by atoms with Crippen LogP contribution < -0.4 is 5.32 Å². The van der Waals surface area contributed by atoms with Gasteiger partial charge in [0.2, 0.25) is 5.91 Å². The van der Waals surface area contributed by atoms with Crippen molar-refractivity contribution in [3.63, 3.8) is 0 Å². The van der Waals surface area contributed by atoms with Gasteiger partial charge < -0.3 is 9.88 Å². The number of thioether (sulfide) groups is 1. The first-order valence-electron chi connectivity index (χ1n) is 9.46. The maximum absolute atomic E-state index is 12.2. The Morgan fingerprint density at radius 1 is 1.19 bits per heavy atom. The molecule has 0 aliphatic heterocycles. The molecule has 2 aromatic rings. The highest BCUT2D eigenvalue weighted by atomic mass is 32.2. The Morgan fingerprint density at radius 2 is 1.88 bits per heavy atom. The molecule has 0 atom stereocenters. The molecule has 6 heteroatoms. The first-order chi connectivity index (χ1) is 12.5. The zero-order valence-corrected chi connectivity index (χ0v) is 16.7. The molecule has 1 saturated carbocycles. The van der Waals surface area contributed by atoms with Gasteiger partial charge in [0.25, 0.3) is 0 Å². The van der Waals surface area contributed by atoms with Gasteiger partial charge >= 0.3 is 0 Å². The first kappa shape index (κ1) is 19.0. The molecule has 5 nitrogen and oxygen atoms in total. The third-order valence-corrected chi connectivity index (χ3v) is 5.99. The second-order valence-electron chi connectivity index (χ2n) is 7.33. The summed E-state index contributed by atoms with van der Waals surface area (Å²) >= 11 is 1.44. The lowest BCUT2D eigenvalue weighted by atomic mass is 9.95. The van der Waals surface area contributed by atoms with Crippen LogP contribution in [0.3, 0.4) is 0 Å². The van der Waals surface area contributed by atoms with Gasteiger partial charge in [0.05, 0.1) is 5.75 Å². The summed E-state index contributed by atoms with van der Waals surface area (Å²) in [4.78, 5) is 12.2. The van der Waals surface area contributed by atoms with E-state index >= 15 is 0 Å². The Balaban J connectivity index is 1.59. The minimum absolute atomic E-state index is 0.0905. The van der Waals surface area contributed by atoms with Crippen LogP contribution in [0.25, 0.3) is 11.4 Å². The molecule has 3 rings (SSSR count). The molecular weight excluding hydrogens is 344 g/mol. The van der Waals surface area contributed by atoms with Gasteiger partial charge in [-0.3, -0.25) is 4.79 Å². The molecule has 1 aromatic heterocycles. The maximum atomic E-state index is 12.2. The van der Waals surface area contributed by atoms with Gasteiger partial charge in [-0.05, 0) is 24.3 Å². The minimum Gasteiger partial charge on any atom is -0.353 e. The average Bonchev–Trinajstić information content (AvgIpc) is 3.01. The highest BCUT2D eigenvalue weighted by Crippen LogP contribution is 2.25. The van der Waals surface area contributed by atoms with Crippen molar-refractivity contribution in [3.05, 3.63) is 29.8 Å². The number of carbonyl (C=O) groups excluding carboxylic acids is 1. The fraction of sp³-hybridized carbons (Fsp3) is 0.550. The second kappa shape index (κ2) is 8.71. The second-order valence-corrected chi connectivity index (χ2v) is 8.28. The lowest BCUT2D eigenvalue weighted by Crippen LogP contribution is -2.37. The number of rotatable bonds is 6. The van der Waals surface area contributed by atoms with E-state index in [-0.39, 0.29) is 5.91 Å². The molecule has 1 aliphatic carbocycles.